The van der Waals surface area contributed by atoms with Crippen molar-refractivity contribution in [1.82, 2.24) is 9.55 Å². The summed E-state index contributed by atoms with van der Waals surface area (Å²) in [6.07, 6.45) is 0.0393. The predicted molar refractivity (Wildman–Crippen MR) is 87.6 cm³/mol. The molecule has 0 aliphatic heterocycles. The number of aromatic nitrogens is 2. The predicted octanol–water partition coefficient (Wildman–Crippen LogP) is 2.45. The van der Waals surface area contributed by atoms with E-state index in [1.54, 1.807) is 20.8 Å². The molecule has 0 atom stereocenters. The second kappa shape index (κ2) is 7.00. The van der Waals surface area contributed by atoms with Crippen LogP contribution >= 0.6 is 11.6 Å². The average molecular weight is 355 g/mol. The van der Waals surface area contributed by atoms with Crippen LogP contribution in [0.4, 0.5) is 4.39 Å². The molecule has 0 radical (unpaired) electrons. The molecule has 8 heteroatoms. The molecule has 0 aliphatic carbocycles. The van der Waals surface area contributed by atoms with Crippen LogP contribution in [0.25, 0.3) is 5.69 Å². The van der Waals surface area contributed by atoms with E-state index in [0.717, 1.165) is 12.1 Å². The lowest BCUT2D eigenvalue weighted by molar-refractivity contribution is 0.0378. The molecular weight excluding hydrogens is 339 g/mol. The highest BCUT2D eigenvalue weighted by atomic mass is 35.5. The lowest BCUT2D eigenvalue weighted by Gasteiger charge is -2.12. The molecule has 2 aromatic rings. The minimum absolute atomic E-state index is 0.132. The Labute approximate surface area is 141 Å². The quantitative estimate of drug-likeness (QED) is 0.855. The summed E-state index contributed by atoms with van der Waals surface area (Å²) in [4.78, 5) is 38.8. The second-order valence-electron chi connectivity index (χ2n) is 5.36. The van der Waals surface area contributed by atoms with Gasteiger partial charge in [0.25, 0.3) is 5.56 Å². The molecule has 1 aromatic carbocycles. The zero-order valence-electron chi connectivity index (χ0n) is 13.4. The van der Waals surface area contributed by atoms with Crippen molar-refractivity contribution in [3.05, 3.63) is 61.1 Å². The SMILES string of the molecule is CCc1cc(=O)n(-c2cc(C(=O)OC(C)C)c(Cl)cc2F)c(=O)[nH]1. The number of ether oxygens (including phenoxy) is 1. The molecule has 24 heavy (non-hydrogen) atoms. The number of nitrogens with one attached hydrogen (secondary N) is 1. The molecule has 0 spiro atoms. The van der Waals surface area contributed by atoms with E-state index in [4.69, 9.17) is 16.3 Å². The van der Waals surface area contributed by atoms with Gasteiger partial charge in [-0.05, 0) is 32.4 Å². The summed E-state index contributed by atoms with van der Waals surface area (Å²) in [5, 5.41) is -0.170. The van der Waals surface area contributed by atoms with Crippen molar-refractivity contribution in [2.75, 3.05) is 0 Å². The Kier molecular flexibility index (Phi) is 5.23. The number of nitrogens with zero attached hydrogens (tertiary/aromatic N) is 1. The fourth-order valence-corrected chi connectivity index (χ4v) is 2.33. The van der Waals surface area contributed by atoms with E-state index in [9.17, 15) is 18.8 Å². The van der Waals surface area contributed by atoms with Crippen LogP contribution < -0.4 is 11.2 Å². The largest absolute Gasteiger partial charge is 0.459 e. The zero-order valence-corrected chi connectivity index (χ0v) is 14.1. The number of hydrogen-bond acceptors (Lipinski definition) is 4. The Morgan fingerprint density at radius 1 is 1.33 bits per heavy atom. The number of aromatic amines is 1. The first-order chi connectivity index (χ1) is 11.2. The zero-order chi connectivity index (χ0) is 18.0. The highest BCUT2D eigenvalue weighted by molar-refractivity contribution is 6.33. The van der Waals surface area contributed by atoms with Crippen molar-refractivity contribution in [1.29, 1.82) is 0 Å². The molecule has 0 saturated heterocycles. The Balaban J connectivity index is 2.66. The maximum atomic E-state index is 14.2. The Hall–Kier alpha value is -2.41. The summed E-state index contributed by atoms with van der Waals surface area (Å²) in [6.45, 7) is 5.06. The van der Waals surface area contributed by atoms with Crippen molar-refractivity contribution in [2.24, 2.45) is 0 Å². The van der Waals surface area contributed by atoms with Gasteiger partial charge in [0.1, 0.15) is 5.82 Å². The lowest BCUT2D eigenvalue weighted by Crippen LogP contribution is -2.34. The number of esters is 1. The molecule has 128 valence electrons. The number of aryl methyl sites for hydroxylation is 1. The van der Waals surface area contributed by atoms with Crippen LogP contribution in [-0.2, 0) is 11.2 Å². The van der Waals surface area contributed by atoms with Crippen LogP contribution in [-0.4, -0.2) is 21.6 Å². The highest BCUT2D eigenvalue weighted by Crippen LogP contribution is 2.23. The Morgan fingerprint density at radius 3 is 2.54 bits per heavy atom. The number of H-pyrrole nitrogens is 1. The first-order valence-corrected chi connectivity index (χ1v) is 7.68. The third kappa shape index (κ3) is 3.56. The standard InChI is InChI=1S/C16H16ClFN2O4/c1-4-9-5-14(21)20(16(23)19-9)13-6-10(11(17)7-12(13)18)15(22)24-8(2)3/h5-8H,4H2,1-3H3,(H,19,23). The summed E-state index contributed by atoms with van der Waals surface area (Å²) >= 11 is 5.88. The monoisotopic (exact) mass is 354 g/mol. The molecule has 0 saturated carbocycles. The van der Waals surface area contributed by atoms with Gasteiger partial charge >= 0.3 is 11.7 Å². The van der Waals surface area contributed by atoms with E-state index in [0.29, 0.717) is 16.7 Å². The molecule has 1 N–H and O–H groups in total. The summed E-state index contributed by atoms with van der Waals surface area (Å²) in [5.74, 6) is -1.68. The number of benzene rings is 1. The van der Waals surface area contributed by atoms with Crippen LogP contribution in [0.15, 0.2) is 27.8 Å². The number of hydrogen-bond donors (Lipinski definition) is 1. The topological polar surface area (TPSA) is 81.2 Å². The third-order valence-electron chi connectivity index (χ3n) is 3.21. The lowest BCUT2D eigenvalue weighted by atomic mass is 10.2. The summed E-state index contributed by atoms with van der Waals surface area (Å²) in [5.41, 5.74) is -1.59. The van der Waals surface area contributed by atoms with E-state index in [-0.39, 0.29) is 16.3 Å². The molecule has 0 aliphatic rings. The molecule has 0 unspecified atom stereocenters. The summed E-state index contributed by atoms with van der Waals surface area (Å²) < 4.78 is 19.9. The normalized spacial score (nSPS) is 10.9. The Morgan fingerprint density at radius 2 is 2.00 bits per heavy atom. The minimum atomic E-state index is -0.905. The van der Waals surface area contributed by atoms with E-state index >= 15 is 0 Å². The number of rotatable bonds is 4. The van der Waals surface area contributed by atoms with Gasteiger partial charge in [0.2, 0.25) is 0 Å². The molecule has 2 rings (SSSR count). The van der Waals surface area contributed by atoms with Crippen molar-refractivity contribution >= 4 is 17.6 Å². The van der Waals surface area contributed by atoms with Gasteiger partial charge in [0.05, 0.1) is 22.4 Å². The van der Waals surface area contributed by atoms with E-state index < -0.39 is 29.1 Å². The highest BCUT2D eigenvalue weighted by Gasteiger charge is 2.20. The van der Waals surface area contributed by atoms with Crippen molar-refractivity contribution in [2.45, 2.75) is 33.3 Å². The van der Waals surface area contributed by atoms with E-state index in [2.05, 4.69) is 4.98 Å². The van der Waals surface area contributed by atoms with E-state index in [1.165, 1.54) is 6.07 Å². The average Bonchev–Trinajstić information content (AvgIpc) is 2.47. The van der Waals surface area contributed by atoms with Crippen LogP contribution in [0.5, 0.6) is 0 Å². The van der Waals surface area contributed by atoms with Crippen molar-refractivity contribution in [3.63, 3.8) is 0 Å². The smallest absolute Gasteiger partial charge is 0.339 e. The van der Waals surface area contributed by atoms with E-state index in [1.807, 2.05) is 0 Å². The number of halogens is 2. The fourth-order valence-electron chi connectivity index (χ4n) is 2.10. The maximum Gasteiger partial charge on any atom is 0.339 e. The van der Waals surface area contributed by atoms with Crippen molar-refractivity contribution in [3.8, 4) is 5.69 Å². The maximum absolute atomic E-state index is 14.2. The molecular formula is C16H16ClFN2O4. The van der Waals surface area contributed by atoms with Crippen molar-refractivity contribution < 1.29 is 13.9 Å². The molecule has 6 nitrogen and oxygen atoms in total. The molecule has 1 aromatic heterocycles. The number of carbonyl (C=O) groups is 1. The first-order valence-electron chi connectivity index (χ1n) is 7.30. The van der Waals surface area contributed by atoms with Gasteiger partial charge in [-0.2, -0.15) is 0 Å². The van der Waals surface area contributed by atoms with Crippen LogP contribution in [0, 0.1) is 5.82 Å². The van der Waals surface area contributed by atoms with Crippen LogP contribution in [0.1, 0.15) is 36.8 Å². The van der Waals surface area contributed by atoms with Gasteiger partial charge in [-0.3, -0.25) is 4.79 Å². The third-order valence-corrected chi connectivity index (χ3v) is 3.52. The first kappa shape index (κ1) is 17.9. The number of carbonyl (C=O) groups excluding carboxylic acids is 1. The van der Waals surface area contributed by atoms with Crippen LogP contribution in [0.3, 0.4) is 0 Å². The Bertz CT molecular complexity index is 871. The van der Waals surface area contributed by atoms with Gasteiger partial charge in [0.15, 0.2) is 0 Å². The fraction of sp³-hybridized carbons (Fsp3) is 0.312. The van der Waals surface area contributed by atoms with Gasteiger partial charge in [0, 0.05) is 11.8 Å². The summed E-state index contributed by atoms with van der Waals surface area (Å²) in [7, 11) is 0. The molecule has 0 bridgehead atoms. The summed E-state index contributed by atoms with van der Waals surface area (Å²) in [6, 6.07) is 3.10. The second-order valence-corrected chi connectivity index (χ2v) is 5.77. The molecule has 0 fully saturated rings. The van der Waals surface area contributed by atoms with Gasteiger partial charge < -0.3 is 9.72 Å². The molecule has 0 amide bonds. The van der Waals surface area contributed by atoms with Crippen LogP contribution in [0.2, 0.25) is 5.02 Å². The van der Waals surface area contributed by atoms with Gasteiger partial charge in [-0.1, -0.05) is 18.5 Å². The molecule has 1 heterocycles. The van der Waals surface area contributed by atoms with Gasteiger partial charge in [-0.25, -0.2) is 18.5 Å². The van der Waals surface area contributed by atoms with Gasteiger partial charge in [-0.15, -0.1) is 0 Å². The minimum Gasteiger partial charge on any atom is -0.459 e.